The summed E-state index contributed by atoms with van der Waals surface area (Å²) >= 11 is 0. The van der Waals surface area contributed by atoms with Crippen LogP contribution < -0.4 is 0 Å². The molecular weight excluding hydrogens is 131 g/mol. The van der Waals surface area contributed by atoms with E-state index in [1.807, 2.05) is 0 Å². The van der Waals surface area contributed by atoms with Crippen molar-refractivity contribution in [3.8, 4) is 0 Å². The van der Waals surface area contributed by atoms with Gasteiger partial charge in [0, 0.05) is 0 Å². The van der Waals surface area contributed by atoms with Crippen molar-refractivity contribution in [2.75, 3.05) is 14.2 Å². The second-order valence-corrected chi connectivity index (χ2v) is 3.47. The van der Waals surface area contributed by atoms with Crippen molar-refractivity contribution in [3.05, 3.63) is 0 Å². The SMILES string of the molecule is CO[PH](O)(C=O)OC. The van der Waals surface area contributed by atoms with E-state index in [-0.39, 0.29) is 0 Å². The maximum absolute atomic E-state index is 9.85. The van der Waals surface area contributed by atoms with E-state index in [0.29, 0.717) is 6.03 Å². The quantitative estimate of drug-likeness (QED) is 0.441. The molecule has 0 bridgehead atoms. The monoisotopic (exact) mass is 140 g/mol. The first-order valence-electron chi connectivity index (χ1n) is 1.97. The van der Waals surface area contributed by atoms with Gasteiger partial charge in [0.15, 0.2) is 0 Å². The molecule has 0 saturated carbocycles. The van der Waals surface area contributed by atoms with Gasteiger partial charge in [-0.1, -0.05) is 0 Å². The van der Waals surface area contributed by atoms with Gasteiger partial charge >= 0.3 is 46.9 Å². The molecule has 0 aromatic rings. The Labute approximate surface area is 48.0 Å². The minimum atomic E-state index is -3.35. The third-order valence-corrected chi connectivity index (χ3v) is 2.20. The summed E-state index contributed by atoms with van der Waals surface area (Å²) in [6, 6.07) is 0.299. The van der Waals surface area contributed by atoms with Crippen LogP contribution in [0.15, 0.2) is 0 Å². The fourth-order valence-corrected chi connectivity index (χ4v) is 0.539. The van der Waals surface area contributed by atoms with Gasteiger partial charge in [0.1, 0.15) is 0 Å². The van der Waals surface area contributed by atoms with E-state index in [1.54, 1.807) is 0 Å². The summed E-state index contributed by atoms with van der Waals surface area (Å²) in [7, 11) is -0.899. The van der Waals surface area contributed by atoms with Crippen LogP contribution in [0.2, 0.25) is 0 Å². The maximum atomic E-state index is 9.85. The molecule has 5 heteroatoms. The number of carbonyl (C=O) groups is 1. The van der Waals surface area contributed by atoms with E-state index in [9.17, 15) is 4.79 Å². The Morgan fingerprint density at radius 2 is 1.88 bits per heavy atom. The summed E-state index contributed by atoms with van der Waals surface area (Å²) in [4.78, 5) is 18.6. The van der Waals surface area contributed by atoms with Crippen LogP contribution in [0.4, 0.5) is 0 Å². The Kier molecular flexibility index (Phi) is 3.09. The molecule has 0 radical (unpaired) electrons. The van der Waals surface area contributed by atoms with Crippen LogP contribution in [-0.2, 0) is 13.8 Å². The summed E-state index contributed by atoms with van der Waals surface area (Å²) < 4.78 is 8.68. The van der Waals surface area contributed by atoms with Crippen LogP contribution >= 0.6 is 7.94 Å². The summed E-state index contributed by atoms with van der Waals surface area (Å²) in [5, 5.41) is 0. The van der Waals surface area contributed by atoms with Crippen LogP contribution in [0.25, 0.3) is 0 Å². The minimum absolute atomic E-state index is 0.299. The third kappa shape index (κ3) is 1.84. The molecule has 0 aliphatic rings. The molecule has 0 saturated heterocycles. The molecule has 1 N–H and O–H groups in total. The fraction of sp³-hybridized carbons (Fsp3) is 0.667. The fourth-order valence-electron chi connectivity index (χ4n) is 0.180. The average molecular weight is 140 g/mol. The molecule has 0 unspecified atom stereocenters. The van der Waals surface area contributed by atoms with Crippen LogP contribution in [0.1, 0.15) is 0 Å². The number of rotatable bonds is 3. The van der Waals surface area contributed by atoms with Crippen molar-refractivity contribution in [3.63, 3.8) is 0 Å². The first-order valence-corrected chi connectivity index (χ1v) is 3.81. The first-order chi connectivity index (χ1) is 3.68. The van der Waals surface area contributed by atoms with Crippen LogP contribution in [0.3, 0.4) is 0 Å². The molecule has 50 valence electrons. The molecule has 0 spiro atoms. The van der Waals surface area contributed by atoms with Crippen molar-refractivity contribution in [1.29, 1.82) is 0 Å². The van der Waals surface area contributed by atoms with Gasteiger partial charge in [-0.25, -0.2) is 0 Å². The van der Waals surface area contributed by atoms with E-state index < -0.39 is 7.94 Å². The van der Waals surface area contributed by atoms with Gasteiger partial charge in [-0.3, -0.25) is 0 Å². The zero-order valence-corrected chi connectivity index (χ0v) is 5.75. The molecule has 0 aliphatic carbocycles. The molecule has 0 aromatic heterocycles. The standard InChI is InChI=1S/C3H9O4P/c1-6-8(5,3-4)7-2/h3,5,8H,1-2H3. The van der Waals surface area contributed by atoms with Gasteiger partial charge in [0.2, 0.25) is 0 Å². The summed E-state index contributed by atoms with van der Waals surface area (Å²) in [5.74, 6) is 0. The van der Waals surface area contributed by atoms with Crippen LogP contribution in [-0.4, -0.2) is 25.1 Å². The van der Waals surface area contributed by atoms with E-state index in [0.717, 1.165) is 0 Å². The predicted octanol–water partition coefficient (Wildman–Crippen LogP) is -0.0434. The van der Waals surface area contributed by atoms with E-state index in [2.05, 4.69) is 9.05 Å². The van der Waals surface area contributed by atoms with Gasteiger partial charge < -0.3 is 0 Å². The summed E-state index contributed by atoms with van der Waals surface area (Å²) in [6.07, 6.45) is 0. The third-order valence-electron chi connectivity index (χ3n) is 0.734. The van der Waals surface area contributed by atoms with Crippen molar-refractivity contribution in [2.45, 2.75) is 0 Å². The molecule has 8 heavy (non-hydrogen) atoms. The normalized spacial score (nSPS) is 13.4. The van der Waals surface area contributed by atoms with Gasteiger partial charge in [-0.2, -0.15) is 0 Å². The Morgan fingerprint density at radius 1 is 1.50 bits per heavy atom. The van der Waals surface area contributed by atoms with Gasteiger partial charge in [0.05, 0.1) is 0 Å². The summed E-state index contributed by atoms with van der Waals surface area (Å²) in [5.41, 5.74) is 0. The topological polar surface area (TPSA) is 55.8 Å². The van der Waals surface area contributed by atoms with Gasteiger partial charge in [-0.05, 0) is 0 Å². The zero-order valence-electron chi connectivity index (χ0n) is 4.75. The summed E-state index contributed by atoms with van der Waals surface area (Å²) in [6.45, 7) is 0. The Morgan fingerprint density at radius 3 is 1.88 bits per heavy atom. The Bertz CT molecular complexity index is 79.4. The molecule has 0 aliphatic heterocycles. The molecule has 0 amide bonds. The molecular formula is C3H9O4P. The number of carbonyl (C=O) groups excluding carboxylic acids is 1. The van der Waals surface area contributed by atoms with Gasteiger partial charge in [-0.15, -0.1) is 0 Å². The average Bonchev–Trinajstić information content (AvgIpc) is 1.87. The van der Waals surface area contributed by atoms with E-state index in [1.165, 1.54) is 14.2 Å². The second kappa shape index (κ2) is 3.10. The molecule has 4 nitrogen and oxygen atoms in total. The molecule has 0 fully saturated rings. The first kappa shape index (κ1) is 7.98. The van der Waals surface area contributed by atoms with E-state index >= 15 is 0 Å². The zero-order chi connectivity index (χ0) is 6.62. The van der Waals surface area contributed by atoms with Crippen molar-refractivity contribution < 1.29 is 18.7 Å². The molecule has 0 rings (SSSR count). The van der Waals surface area contributed by atoms with Crippen LogP contribution in [0, 0.1) is 0 Å². The number of hydrogen-bond donors (Lipinski definition) is 1. The van der Waals surface area contributed by atoms with Crippen molar-refractivity contribution >= 4 is 14.0 Å². The van der Waals surface area contributed by atoms with Crippen LogP contribution in [0.5, 0.6) is 0 Å². The Hall–Kier alpha value is -0.0200. The molecule has 0 atom stereocenters. The van der Waals surface area contributed by atoms with E-state index in [4.69, 9.17) is 4.89 Å². The molecule has 0 heterocycles. The van der Waals surface area contributed by atoms with Crippen molar-refractivity contribution in [2.24, 2.45) is 0 Å². The Balaban J connectivity index is 3.76. The molecule has 0 aromatic carbocycles. The van der Waals surface area contributed by atoms with Crippen molar-refractivity contribution in [1.82, 2.24) is 0 Å². The number of hydrogen-bond acceptors (Lipinski definition) is 4. The second-order valence-electron chi connectivity index (χ2n) is 1.16. The predicted molar refractivity (Wildman–Crippen MR) is 31.3 cm³/mol. The van der Waals surface area contributed by atoms with Gasteiger partial charge in [0.25, 0.3) is 0 Å².